The van der Waals surface area contributed by atoms with Crippen molar-refractivity contribution in [3.05, 3.63) is 0 Å². The van der Waals surface area contributed by atoms with Crippen molar-refractivity contribution >= 4 is 0 Å². The predicted octanol–water partition coefficient (Wildman–Crippen LogP) is 1.75. The first-order chi connectivity index (χ1) is 5.86. The largest absolute Gasteiger partial charge is 0.385 e. The molecule has 0 amide bonds. The van der Waals surface area contributed by atoms with Crippen LogP contribution in [0.15, 0.2) is 0 Å². The van der Waals surface area contributed by atoms with E-state index in [1.165, 1.54) is 38.9 Å². The van der Waals surface area contributed by atoms with Crippen molar-refractivity contribution in [2.75, 3.05) is 33.4 Å². The Morgan fingerprint density at radius 1 is 1.50 bits per heavy atom. The predicted molar refractivity (Wildman–Crippen MR) is 51.3 cm³/mol. The number of ether oxygens (including phenoxy) is 1. The van der Waals surface area contributed by atoms with Crippen molar-refractivity contribution in [3.63, 3.8) is 0 Å². The summed E-state index contributed by atoms with van der Waals surface area (Å²) in [6, 6.07) is 0. The maximum Gasteiger partial charge on any atom is 0.0474 e. The van der Waals surface area contributed by atoms with E-state index in [-0.39, 0.29) is 0 Å². The number of nitrogens with zero attached hydrogens (tertiary/aromatic N) is 1. The number of rotatable bonds is 5. The lowest BCUT2D eigenvalue weighted by Crippen LogP contribution is -2.22. The Morgan fingerprint density at radius 2 is 2.33 bits per heavy atom. The smallest absolute Gasteiger partial charge is 0.0474 e. The van der Waals surface area contributed by atoms with Gasteiger partial charge in [-0.05, 0) is 25.3 Å². The molecule has 1 saturated heterocycles. The average molecular weight is 171 g/mol. The van der Waals surface area contributed by atoms with Crippen molar-refractivity contribution in [2.45, 2.75) is 26.2 Å². The van der Waals surface area contributed by atoms with Crippen molar-refractivity contribution in [1.29, 1.82) is 0 Å². The number of likely N-dealkylation sites (tertiary alicyclic amines) is 1. The van der Waals surface area contributed by atoms with Gasteiger partial charge in [0.2, 0.25) is 0 Å². The van der Waals surface area contributed by atoms with E-state index in [4.69, 9.17) is 4.74 Å². The quantitative estimate of drug-likeness (QED) is 0.584. The summed E-state index contributed by atoms with van der Waals surface area (Å²) in [6.07, 6.45) is 3.94. The summed E-state index contributed by atoms with van der Waals surface area (Å²) in [5, 5.41) is 0. The molecule has 2 nitrogen and oxygen atoms in total. The Morgan fingerprint density at radius 3 is 2.92 bits per heavy atom. The van der Waals surface area contributed by atoms with E-state index in [9.17, 15) is 0 Å². The van der Waals surface area contributed by atoms with E-state index >= 15 is 0 Å². The summed E-state index contributed by atoms with van der Waals surface area (Å²) < 4.78 is 5.03. The van der Waals surface area contributed by atoms with Gasteiger partial charge in [0.05, 0.1) is 0 Å². The molecule has 0 bridgehead atoms. The summed E-state index contributed by atoms with van der Waals surface area (Å²) >= 11 is 0. The maximum atomic E-state index is 5.03. The Bertz CT molecular complexity index is 116. The Hall–Kier alpha value is -0.0800. The van der Waals surface area contributed by atoms with Crippen LogP contribution in [0.5, 0.6) is 0 Å². The normalized spacial score (nSPS) is 25.0. The number of hydrogen-bond donors (Lipinski definition) is 0. The third-order valence-electron chi connectivity index (χ3n) is 2.77. The molecular weight excluding hydrogens is 150 g/mol. The van der Waals surface area contributed by atoms with E-state index in [1.54, 1.807) is 7.11 Å². The highest BCUT2D eigenvalue weighted by Gasteiger charge is 2.19. The molecule has 1 rings (SSSR count). The van der Waals surface area contributed by atoms with Gasteiger partial charge in [-0.25, -0.2) is 0 Å². The van der Waals surface area contributed by atoms with Crippen molar-refractivity contribution in [2.24, 2.45) is 5.92 Å². The summed E-state index contributed by atoms with van der Waals surface area (Å²) in [7, 11) is 1.78. The van der Waals surface area contributed by atoms with Crippen LogP contribution in [0.2, 0.25) is 0 Å². The van der Waals surface area contributed by atoms with Gasteiger partial charge in [0.15, 0.2) is 0 Å². The van der Waals surface area contributed by atoms with Crippen molar-refractivity contribution in [3.8, 4) is 0 Å². The first-order valence-electron chi connectivity index (χ1n) is 5.08. The highest BCUT2D eigenvalue weighted by atomic mass is 16.5. The topological polar surface area (TPSA) is 12.5 Å². The van der Waals surface area contributed by atoms with Crippen LogP contribution in [-0.4, -0.2) is 38.3 Å². The van der Waals surface area contributed by atoms with Crippen molar-refractivity contribution < 1.29 is 4.74 Å². The molecule has 1 aliphatic heterocycles. The lowest BCUT2D eigenvalue weighted by molar-refractivity contribution is 0.178. The van der Waals surface area contributed by atoms with Crippen LogP contribution in [0.4, 0.5) is 0 Å². The van der Waals surface area contributed by atoms with Gasteiger partial charge in [-0.3, -0.25) is 0 Å². The van der Waals surface area contributed by atoms with Crippen molar-refractivity contribution in [1.82, 2.24) is 4.90 Å². The maximum absolute atomic E-state index is 5.03. The first kappa shape index (κ1) is 10.0. The molecule has 12 heavy (non-hydrogen) atoms. The fraction of sp³-hybridized carbons (Fsp3) is 1.00. The zero-order valence-corrected chi connectivity index (χ0v) is 8.38. The molecular formula is C10H21NO. The second-order valence-electron chi connectivity index (χ2n) is 3.71. The lowest BCUT2D eigenvalue weighted by atomic mass is 10.1. The third-order valence-corrected chi connectivity index (χ3v) is 2.77. The van der Waals surface area contributed by atoms with E-state index in [2.05, 4.69) is 11.8 Å². The standard InChI is InChI=1S/C10H21NO/c1-3-10-5-7-11(9-10)6-4-8-12-2/h10H,3-9H2,1-2H3/t10-/m1/s1. The second-order valence-corrected chi connectivity index (χ2v) is 3.71. The summed E-state index contributed by atoms with van der Waals surface area (Å²) in [6.45, 7) is 7.06. The Labute approximate surface area is 75.9 Å². The summed E-state index contributed by atoms with van der Waals surface area (Å²) in [5.41, 5.74) is 0. The van der Waals surface area contributed by atoms with Gasteiger partial charge in [-0.15, -0.1) is 0 Å². The van der Waals surface area contributed by atoms with Crippen LogP contribution in [0.3, 0.4) is 0 Å². The molecule has 0 saturated carbocycles. The first-order valence-corrected chi connectivity index (χ1v) is 5.08. The lowest BCUT2D eigenvalue weighted by Gasteiger charge is -2.14. The van der Waals surface area contributed by atoms with E-state index in [0.29, 0.717) is 0 Å². The molecule has 72 valence electrons. The van der Waals surface area contributed by atoms with Crippen LogP contribution in [0.25, 0.3) is 0 Å². The number of methoxy groups -OCH3 is 1. The van der Waals surface area contributed by atoms with Crippen LogP contribution in [0, 0.1) is 5.92 Å². The molecule has 0 N–H and O–H groups in total. The minimum Gasteiger partial charge on any atom is -0.385 e. The van der Waals surface area contributed by atoms with Gasteiger partial charge in [-0.2, -0.15) is 0 Å². The molecule has 1 aliphatic rings. The minimum absolute atomic E-state index is 0.910. The Balaban J connectivity index is 2.03. The third kappa shape index (κ3) is 3.11. The van der Waals surface area contributed by atoms with E-state index in [0.717, 1.165) is 12.5 Å². The van der Waals surface area contributed by atoms with Gasteiger partial charge in [0, 0.05) is 26.8 Å². The zero-order chi connectivity index (χ0) is 8.81. The monoisotopic (exact) mass is 171 g/mol. The van der Waals surface area contributed by atoms with Crippen LogP contribution in [-0.2, 0) is 4.74 Å². The molecule has 0 aromatic heterocycles. The van der Waals surface area contributed by atoms with Crippen LogP contribution >= 0.6 is 0 Å². The number of hydrogen-bond acceptors (Lipinski definition) is 2. The molecule has 0 spiro atoms. The van der Waals surface area contributed by atoms with E-state index < -0.39 is 0 Å². The highest BCUT2D eigenvalue weighted by molar-refractivity contribution is 4.73. The molecule has 0 aromatic rings. The molecule has 2 heteroatoms. The van der Waals surface area contributed by atoms with Gasteiger partial charge < -0.3 is 9.64 Å². The van der Waals surface area contributed by atoms with Crippen LogP contribution in [0.1, 0.15) is 26.2 Å². The van der Waals surface area contributed by atoms with Crippen LogP contribution < -0.4 is 0 Å². The second kappa shape index (κ2) is 5.55. The SMILES string of the molecule is CC[C@@H]1CCN(CCCOC)C1. The summed E-state index contributed by atoms with van der Waals surface area (Å²) in [5.74, 6) is 0.965. The van der Waals surface area contributed by atoms with Gasteiger partial charge in [-0.1, -0.05) is 13.3 Å². The molecule has 1 atom stereocenters. The van der Waals surface area contributed by atoms with E-state index in [1.807, 2.05) is 0 Å². The molecule has 0 aliphatic carbocycles. The van der Waals surface area contributed by atoms with Gasteiger partial charge >= 0.3 is 0 Å². The summed E-state index contributed by atoms with van der Waals surface area (Å²) in [4.78, 5) is 2.56. The molecule has 0 radical (unpaired) electrons. The zero-order valence-electron chi connectivity index (χ0n) is 8.38. The fourth-order valence-electron chi connectivity index (χ4n) is 1.88. The minimum atomic E-state index is 0.910. The average Bonchev–Trinajstić information content (AvgIpc) is 2.53. The Kier molecular flexibility index (Phi) is 4.62. The fourth-order valence-corrected chi connectivity index (χ4v) is 1.88. The van der Waals surface area contributed by atoms with Gasteiger partial charge in [0.1, 0.15) is 0 Å². The highest BCUT2D eigenvalue weighted by Crippen LogP contribution is 2.18. The molecule has 0 aromatic carbocycles. The molecule has 1 fully saturated rings. The molecule has 0 unspecified atom stereocenters. The molecule has 1 heterocycles. The van der Waals surface area contributed by atoms with Gasteiger partial charge in [0.25, 0.3) is 0 Å².